The molecule has 2 unspecified atom stereocenters. The van der Waals surface area contributed by atoms with Crippen LogP contribution in [0.2, 0.25) is 0 Å². The van der Waals surface area contributed by atoms with E-state index in [-0.39, 0.29) is 40.2 Å². The first-order chi connectivity index (χ1) is 20.5. The molecule has 43 heavy (non-hydrogen) atoms. The Balaban J connectivity index is 1.54. The molecule has 234 valence electrons. The van der Waals surface area contributed by atoms with E-state index in [2.05, 4.69) is 39.1 Å². The number of alkyl halides is 3. The number of methoxy groups -OCH3 is 1. The van der Waals surface area contributed by atoms with Crippen molar-refractivity contribution in [2.45, 2.75) is 42.5 Å². The second-order valence-electron chi connectivity index (χ2n) is 10.2. The second kappa shape index (κ2) is 14.6. The number of aliphatic hydroxyl groups is 2. The number of nitrogens with one attached hydrogen (secondary N) is 3. The third kappa shape index (κ3) is 8.11. The number of hydrogen-bond donors (Lipinski definition) is 5. The average molecular weight is 641 g/mol. The Morgan fingerprint density at radius 1 is 1.16 bits per heavy atom. The molecule has 0 amide bonds. The molecule has 1 aromatic heterocycles. The van der Waals surface area contributed by atoms with Gasteiger partial charge in [0.1, 0.15) is 5.75 Å². The maximum atomic E-state index is 14.9. The summed E-state index contributed by atoms with van der Waals surface area (Å²) in [6, 6.07) is 9.54. The number of aliphatic hydroxyl groups excluding tert-OH is 2. The van der Waals surface area contributed by atoms with Gasteiger partial charge in [-0.1, -0.05) is 24.0 Å². The molecule has 1 aliphatic rings. The van der Waals surface area contributed by atoms with Gasteiger partial charge >= 0.3 is 0 Å². The number of benzene rings is 2. The van der Waals surface area contributed by atoms with Crippen LogP contribution in [0.15, 0.2) is 41.3 Å². The van der Waals surface area contributed by atoms with Crippen LogP contribution in [0.1, 0.15) is 29.5 Å². The van der Waals surface area contributed by atoms with Gasteiger partial charge in [0.2, 0.25) is 10.0 Å². The highest BCUT2D eigenvalue weighted by molar-refractivity contribution is 7.89. The van der Waals surface area contributed by atoms with E-state index in [4.69, 9.17) is 9.84 Å². The fraction of sp³-hybridized carbons (Fsp3) is 0.448. The zero-order valence-corrected chi connectivity index (χ0v) is 25.4. The molecular formula is C29H35F3N4O5S2. The van der Waals surface area contributed by atoms with Gasteiger partial charge in [-0.25, -0.2) is 26.3 Å². The summed E-state index contributed by atoms with van der Waals surface area (Å²) in [7, 11) is -0.559. The van der Waals surface area contributed by atoms with Crippen molar-refractivity contribution in [3.05, 3.63) is 46.8 Å². The number of sulfonamides is 1. The molecule has 2 atom stereocenters. The van der Waals surface area contributed by atoms with Crippen molar-refractivity contribution in [3.63, 3.8) is 0 Å². The average Bonchev–Trinajstić information content (AvgIpc) is 3.37. The lowest BCUT2D eigenvalue weighted by Crippen LogP contribution is -2.36. The van der Waals surface area contributed by atoms with Gasteiger partial charge in [0.15, 0.2) is 6.17 Å². The first-order valence-electron chi connectivity index (χ1n) is 13.7. The van der Waals surface area contributed by atoms with E-state index < -0.39 is 35.3 Å². The van der Waals surface area contributed by atoms with Crippen LogP contribution in [0, 0.1) is 11.8 Å². The highest BCUT2D eigenvalue weighted by atomic mass is 32.2. The molecule has 2 heterocycles. The Morgan fingerprint density at radius 3 is 2.58 bits per heavy atom. The lowest BCUT2D eigenvalue weighted by atomic mass is 10.0. The van der Waals surface area contributed by atoms with Crippen molar-refractivity contribution in [2.75, 3.05) is 57.6 Å². The fourth-order valence-corrected chi connectivity index (χ4v) is 6.99. The van der Waals surface area contributed by atoms with Gasteiger partial charge in [-0.2, -0.15) is 0 Å². The number of rotatable bonds is 12. The number of nitrogens with zero attached hydrogens (tertiary/aromatic N) is 1. The lowest BCUT2D eigenvalue weighted by Gasteiger charge is -2.30. The van der Waals surface area contributed by atoms with Crippen molar-refractivity contribution in [1.82, 2.24) is 9.62 Å². The summed E-state index contributed by atoms with van der Waals surface area (Å²) >= 11 is 1.17. The number of piperidine rings is 1. The Morgan fingerprint density at radius 2 is 1.91 bits per heavy atom. The molecule has 0 radical (unpaired) electrons. The number of halogens is 3. The van der Waals surface area contributed by atoms with Gasteiger partial charge < -0.3 is 30.5 Å². The Labute approximate surface area is 253 Å². The third-order valence-electron chi connectivity index (χ3n) is 7.10. The highest BCUT2D eigenvalue weighted by Crippen LogP contribution is 2.42. The predicted octanol–water partition coefficient (Wildman–Crippen LogP) is 3.79. The second-order valence-corrected chi connectivity index (χ2v) is 13.0. The summed E-state index contributed by atoms with van der Waals surface area (Å²) in [5.74, 6) is 5.91. The van der Waals surface area contributed by atoms with Crippen molar-refractivity contribution in [2.24, 2.45) is 0 Å². The molecular weight excluding hydrogens is 605 g/mol. The molecule has 0 saturated carbocycles. The van der Waals surface area contributed by atoms with Gasteiger partial charge in [0.05, 0.1) is 52.2 Å². The van der Waals surface area contributed by atoms with Gasteiger partial charge in [-0.05, 0) is 51.2 Å². The predicted molar refractivity (Wildman–Crippen MR) is 162 cm³/mol. The topological polar surface area (TPSA) is 123 Å². The molecule has 9 nitrogen and oxygen atoms in total. The zero-order chi connectivity index (χ0) is 31.1. The molecule has 4 rings (SSSR count). The van der Waals surface area contributed by atoms with Crippen molar-refractivity contribution >= 4 is 42.8 Å². The molecule has 1 aliphatic heterocycles. The third-order valence-corrected chi connectivity index (χ3v) is 9.69. The summed E-state index contributed by atoms with van der Waals surface area (Å²) in [5.41, 5.74) is 1.06. The first kappa shape index (κ1) is 32.8. The largest absolute Gasteiger partial charge is 0.495 e. The number of ether oxygens (including phenoxy) is 1. The molecule has 1 saturated heterocycles. The maximum absolute atomic E-state index is 14.9. The number of hydrogen-bond acceptors (Lipinski definition) is 9. The van der Waals surface area contributed by atoms with E-state index in [1.54, 1.807) is 12.1 Å². The minimum absolute atomic E-state index is 0.0312. The number of fused-ring (bicyclic) bond motifs is 1. The van der Waals surface area contributed by atoms with Crippen LogP contribution in [0.4, 0.5) is 24.5 Å². The summed E-state index contributed by atoms with van der Waals surface area (Å²) in [5, 5.41) is 25.3. The van der Waals surface area contributed by atoms with E-state index in [0.29, 0.717) is 15.8 Å². The van der Waals surface area contributed by atoms with Gasteiger partial charge in [0.25, 0.3) is 6.43 Å². The molecule has 3 aromatic rings. The van der Waals surface area contributed by atoms with Crippen molar-refractivity contribution in [3.8, 4) is 17.6 Å². The first-order valence-corrected chi connectivity index (χ1v) is 16.0. The number of likely N-dealkylation sites (tertiary alicyclic amines) is 1. The van der Waals surface area contributed by atoms with Crippen molar-refractivity contribution < 1.29 is 36.5 Å². The molecule has 14 heteroatoms. The van der Waals surface area contributed by atoms with E-state index in [1.807, 2.05) is 6.07 Å². The van der Waals surface area contributed by atoms with Crippen LogP contribution in [-0.2, 0) is 10.0 Å². The number of anilines is 2. The SMILES string of the molecule is COc1cc(S(=O)(=O)NCC(O)CO)ccc1NCC#Cc1sc2c(NC3CCN(C)CC3)cccc2c1C(F)C(F)F. The molecule has 1 fully saturated rings. The minimum Gasteiger partial charge on any atom is -0.495 e. The monoisotopic (exact) mass is 640 g/mol. The molecule has 0 aliphatic carbocycles. The van der Waals surface area contributed by atoms with E-state index in [9.17, 15) is 26.7 Å². The Hall–Kier alpha value is -3.06. The van der Waals surface area contributed by atoms with E-state index >= 15 is 0 Å². The quantitative estimate of drug-likeness (QED) is 0.190. The standard InChI is InChI=1S/C29H35F3N4O5S2/c1-36-13-10-18(11-14-36)35-23-6-3-5-21-26(27(30)29(31)32)25(42-28(21)23)7-4-12-33-22-9-8-20(15-24(22)41-2)43(39,40)34-16-19(38)17-37/h3,5-6,8-9,15,18-19,27,29,33-35,37-38H,10-14,16-17H2,1-2H3. The summed E-state index contributed by atoms with van der Waals surface area (Å²) < 4.78 is 75.3. The smallest absolute Gasteiger partial charge is 0.273 e. The van der Waals surface area contributed by atoms with Crippen LogP contribution < -0.4 is 20.1 Å². The highest BCUT2D eigenvalue weighted by Gasteiger charge is 2.29. The van der Waals surface area contributed by atoms with Crippen LogP contribution in [0.25, 0.3) is 10.1 Å². The fourth-order valence-electron chi connectivity index (χ4n) is 4.72. The van der Waals surface area contributed by atoms with Gasteiger partial charge in [-0.15, -0.1) is 11.3 Å². The number of thiophene rings is 1. The van der Waals surface area contributed by atoms with Crippen LogP contribution >= 0.6 is 11.3 Å². The Bertz CT molecular complexity index is 1570. The lowest BCUT2D eigenvalue weighted by molar-refractivity contribution is 0.0504. The maximum Gasteiger partial charge on any atom is 0.273 e. The van der Waals surface area contributed by atoms with E-state index in [1.165, 1.54) is 36.6 Å². The molecule has 2 aromatic carbocycles. The van der Waals surface area contributed by atoms with Crippen LogP contribution in [-0.4, -0.2) is 89.0 Å². The molecule has 5 N–H and O–H groups in total. The van der Waals surface area contributed by atoms with Gasteiger partial charge in [0, 0.05) is 29.6 Å². The zero-order valence-electron chi connectivity index (χ0n) is 23.7. The molecule has 0 spiro atoms. The van der Waals surface area contributed by atoms with Gasteiger partial charge in [-0.3, -0.25) is 0 Å². The normalized spacial score (nSPS) is 16.1. The Kier molecular flexibility index (Phi) is 11.2. The summed E-state index contributed by atoms with van der Waals surface area (Å²) in [6.45, 7) is 0.963. The summed E-state index contributed by atoms with van der Waals surface area (Å²) in [4.78, 5) is 2.34. The minimum atomic E-state index is -3.98. The molecule has 0 bridgehead atoms. The van der Waals surface area contributed by atoms with Crippen LogP contribution in [0.3, 0.4) is 0 Å². The van der Waals surface area contributed by atoms with E-state index in [0.717, 1.165) is 31.6 Å². The van der Waals surface area contributed by atoms with Crippen molar-refractivity contribution in [1.29, 1.82) is 0 Å². The van der Waals surface area contributed by atoms with Crippen LogP contribution in [0.5, 0.6) is 5.75 Å². The summed E-state index contributed by atoms with van der Waals surface area (Å²) in [6.07, 6.45) is -5.07.